The van der Waals surface area contributed by atoms with E-state index in [-0.39, 0.29) is 12.0 Å². The number of likely N-dealkylation sites (tertiary alicyclic amines) is 1. The molecule has 2 aliphatic rings. The Morgan fingerprint density at radius 1 is 1.16 bits per heavy atom. The molecule has 0 bridgehead atoms. The fourth-order valence-electron chi connectivity index (χ4n) is 3.60. The van der Waals surface area contributed by atoms with E-state index < -0.39 is 23.9 Å². The third-order valence-electron chi connectivity index (χ3n) is 6.13. The van der Waals surface area contributed by atoms with Crippen LogP contribution in [0.2, 0.25) is 0 Å². The van der Waals surface area contributed by atoms with E-state index in [1.807, 2.05) is 66.7 Å². The highest BCUT2D eigenvalue weighted by Crippen LogP contribution is 2.37. The van der Waals surface area contributed by atoms with Crippen LogP contribution in [0.15, 0.2) is 18.2 Å². The van der Waals surface area contributed by atoms with Gasteiger partial charge in [-0.3, -0.25) is 0 Å². The van der Waals surface area contributed by atoms with Crippen LogP contribution >= 0.6 is 0 Å². The summed E-state index contributed by atoms with van der Waals surface area (Å²) in [4.78, 5) is 14.0. The maximum absolute atomic E-state index is 12.3. The van der Waals surface area contributed by atoms with Crippen LogP contribution in [0, 0.1) is 5.92 Å². The number of carbonyl (C=O) groups excluding carboxylic acids is 1. The summed E-state index contributed by atoms with van der Waals surface area (Å²) in [7, 11) is 1.16. The Balaban J connectivity index is 1.63. The van der Waals surface area contributed by atoms with Crippen molar-refractivity contribution in [2.45, 2.75) is 71.7 Å². The van der Waals surface area contributed by atoms with Gasteiger partial charge in [-0.1, -0.05) is 6.07 Å². The Bertz CT molecular complexity index is 788. The summed E-state index contributed by atoms with van der Waals surface area (Å²) in [5.41, 5.74) is -0.426. The van der Waals surface area contributed by atoms with Gasteiger partial charge >= 0.3 is 13.2 Å². The maximum Gasteiger partial charge on any atom is 0.494 e. The Morgan fingerprint density at radius 2 is 1.81 bits per heavy atom. The fourth-order valence-corrected chi connectivity index (χ4v) is 3.60. The van der Waals surface area contributed by atoms with Crippen LogP contribution in [0.1, 0.15) is 54.9 Å². The van der Waals surface area contributed by atoms with Crippen molar-refractivity contribution in [1.29, 1.82) is 0 Å². The van der Waals surface area contributed by atoms with E-state index in [0.29, 0.717) is 31.2 Å². The standard InChI is InChI=1S/C23H36BNO6/c1-21(2,3)29-20(26)25-12-11-16(14-25)15-28-19-13-17(9-10-18(19)27-8)24-30-22(4,5)23(6,7)31-24/h9-10,13,16H,11-12,14-15H2,1-8H3. The molecule has 0 saturated carbocycles. The molecular formula is C23H36BNO6. The van der Waals surface area contributed by atoms with Crippen molar-refractivity contribution in [3.8, 4) is 11.5 Å². The molecule has 0 spiro atoms. The first kappa shape index (κ1) is 23.7. The van der Waals surface area contributed by atoms with Crippen LogP contribution < -0.4 is 14.9 Å². The van der Waals surface area contributed by atoms with E-state index in [4.69, 9.17) is 23.5 Å². The quantitative estimate of drug-likeness (QED) is 0.661. The molecule has 0 radical (unpaired) electrons. The molecule has 0 aliphatic carbocycles. The highest BCUT2D eigenvalue weighted by Gasteiger charge is 2.51. The predicted octanol–water partition coefficient (Wildman–Crippen LogP) is 3.63. The summed E-state index contributed by atoms with van der Waals surface area (Å²) < 4.78 is 29.4. The average molecular weight is 433 g/mol. The van der Waals surface area contributed by atoms with Gasteiger partial charge in [0, 0.05) is 19.0 Å². The number of methoxy groups -OCH3 is 1. The number of nitrogens with zero attached hydrogens (tertiary/aromatic N) is 1. The van der Waals surface area contributed by atoms with E-state index in [0.717, 1.165) is 11.9 Å². The molecule has 2 heterocycles. The second-order valence-electron chi connectivity index (χ2n) is 10.4. The smallest absolute Gasteiger partial charge is 0.493 e. The predicted molar refractivity (Wildman–Crippen MR) is 120 cm³/mol. The minimum atomic E-state index is -0.493. The third-order valence-corrected chi connectivity index (χ3v) is 6.13. The molecule has 7 nitrogen and oxygen atoms in total. The number of benzene rings is 1. The largest absolute Gasteiger partial charge is 0.494 e. The van der Waals surface area contributed by atoms with Gasteiger partial charge in [-0.2, -0.15) is 0 Å². The normalized spacial score (nSPS) is 22.5. The van der Waals surface area contributed by atoms with Crippen molar-refractivity contribution in [2.24, 2.45) is 5.92 Å². The third kappa shape index (κ3) is 5.47. The van der Waals surface area contributed by atoms with E-state index in [1.54, 1.807) is 12.0 Å². The van der Waals surface area contributed by atoms with Gasteiger partial charge < -0.3 is 28.4 Å². The Hall–Kier alpha value is -1.93. The number of hydrogen-bond donors (Lipinski definition) is 0. The van der Waals surface area contributed by atoms with Gasteiger partial charge in [0.05, 0.1) is 24.9 Å². The first-order valence-corrected chi connectivity index (χ1v) is 11.0. The van der Waals surface area contributed by atoms with Gasteiger partial charge in [-0.25, -0.2) is 4.79 Å². The Morgan fingerprint density at radius 3 is 2.39 bits per heavy atom. The van der Waals surface area contributed by atoms with E-state index in [2.05, 4.69) is 0 Å². The molecule has 8 heteroatoms. The highest BCUT2D eigenvalue weighted by atomic mass is 16.7. The second kappa shape index (κ2) is 8.55. The van der Waals surface area contributed by atoms with Crippen LogP contribution in [0.25, 0.3) is 0 Å². The lowest BCUT2D eigenvalue weighted by Crippen LogP contribution is -2.41. The average Bonchev–Trinajstić information content (AvgIpc) is 3.20. The molecule has 2 aliphatic heterocycles. The number of carbonyl (C=O) groups is 1. The van der Waals surface area contributed by atoms with Gasteiger partial charge in [-0.15, -0.1) is 0 Å². The zero-order chi connectivity index (χ0) is 23.0. The van der Waals surface area contributed by atoms with Gasteiger partial charge in [0.1, 0.15) is 5.60 Å². The van der Waals surface area contributed by atoms with Gasteiger partial charge in [-0.05, 0) is 72.5 Å². The molecule has 1 atom stereocenters. The Labute approximate surface area is 186 Å². The SMILES string of the molecule is COc1ccc(B2OC(C)(C)C(C)(C)O2)cc1OCC1CCN(C(=O)OC(C)(C)C)C1. The summed E-state index contributed by atoms with van der Waals surface area (Å²) in [6.07, 6.45) is 0.605. The van der Waals surface area contributed by atoms with Gasteiger partial charge in [0.25, 0.3) is 0 Å². The second-order valence-corrected chi connectivity index (χ2v) is 10.4. The van der Waals surface area contributed by atoms with Crippen LogP contribution in [-0.4, -0.2) is 61.7 Å². The minimum Gasteiger partial charge on any atom is -0.493 e. The molecule has 2 saturated heterocycles. The topological polar surface area (TPSA) is 66.5 Å². The first-order chi connectivity index (χ1) is 14.3. The molecule has 31 heavy (non-hydrogen) atoms. The molecule has 0 aromatic heterocycles. The minimum absolute atomic E-state index is 0.234. The molecule has 2 fully saturated rings. The Kier molecular flexibility index (Phi) is 6.54. The molecule has 1 aromatic rings. The van der Waals surface area contributed by atoms with Crippen LogP contribution in [0.3, 0.4) is 0 Å². The number of amides is 1. The van der Waals surface area contributed by atoms with Crippen LogP contribution in [-0.2, 0) is 14.0 Å². The van der Waals surface area contributed by atoms with Crippen molar-refractivity contribution in [3.05, 3.63) is 18.2 Å². The van der Waals surface area contributed by atoms with Crippen LogP contribution in [0.4, 0.5) is 4.79 Å². The fraction of sp³-hybridized carbons (Fsp3) is 0.696. The summed E-state index contributed by atoms with van der Waals surface area (Å²) in [5.74, 6) is 1.53. The molecule has 3 rings (SSSR count). The summed E-state index contributed by atoms with van der Waals surface area (Å²) >= 11 is 0. The zero-order valence-corrected chi connectivity index (χ0v) is 20.1. The summed E-state index contributed by atoms with van der Waals surface area (Å²) in [6.45, 7) is 15.5. The van der Waals surface area contributed by atoms with Gasteiger partial charge in [0.15, 0.2) is 11.5 Å². The maximum atomic E-state index is 12.3. The van der Waals surface area contributed by atoms with Crippen molar-refractivity contribution < 1.29 is 28.3 Å². The van der Waals surface area contributed by atoms with E-state index in [1.165, 1.54) is 0 Å². The number of ether oxygens (including phenoxy) is 3. The van der Waals surface area contributed by atoms with Crippen molar-refractivity contribution in [2.75, 3.05) is 26.8 Å². The van der Waals surface area contributed by atoms with Crippen LogP contribution in [0.5, 0.6) is 11.5 Å². The molecular weight excluding hydrogens is 397 g/mol. The van der Waals surface area contributed by atoms with Crippen molar-refractivity contribution >= 4 is 18.7 Å². The first-order valence-electron chi connectivity index (χ1n) is 11.0. The lowest BCUT2D eigenvalue weighted by atomic mass is 9.79. The lowest BCUT2D eigenvalue weighted by molar-refractivity contribution is 0.00578. The van der Waals surface area contributed by atoms with Crippen molar-refractivity contribution in [3.63, 3.8) is 0 Å². The van der Waals surface area contributed by atoms with E-state index in [9.17, 15) is 4.79 Å². The van der Waals surface area contributed by atoms with E-state index >= 15 is 0 Å². The number of hydrogen-bond acceptors (Lipinski definition) is 6. The monoisotopic (exact) mass is 433 g/mol. The lowest BCUT2D eigenvalue weighted by Gasteiger charge is -2.32. The molecule has 1 amide bonds. The molecule has 0 N–H and O–H groups in total. The van der Waals surface area contributed by atoms with Crippen molar-refractivity contribution in [1.82, 2.24) is 4.90 Å². The highest BCUT2D eigenvalue weighted by molar-refractivity contribution is 6.62. The molecule has 1 unspecified atom stereocenters. The summed E-state index contributed by atoms with van der Waals surface area (Å²) in [6, 6.07) is 5.73. The number of rotatable bonds is 5. The van der Waals surface area contributed by atoms with Gasteiger partial charge in [0.2, 0.25) is 0 Å². The molecule has 1 aromatic carbocycles. The molecule has 172 valence electrons. The summed E-state index contributed by atoms with van der Waals surface area (Å²) in [5, 5.41) is 0. The zero-order valence-electron chi connectivity index (χ0n) is 20.1.